The smallest absolute Gasteiger partial charge is 0.147 e. The third-order valence-electron chi connectivity index (χ3n) is 6.33. The number of pyridine rings is 1. The third kappa shape index (κ3) is 4.30. The van der Waals surface area contributed by atoms with E-state index in [1.165, 1.54) is 5.39 Å². The lowest BCUT2D eigenvalue weighted by Gasteiger charge is -2.25. The third-order valence-corrected chi connectivity index (χ3v) is 6.33. The fourth-order valence-corrected chi connectivity index (χ4v) is 4.57. The summed E-state index contributed by atoms with van der Waals surface area (Å²) in [4.78, 5) is 4.51. The van der Waals surface area contributed by atoms with Gasteiger partial charge in [-0.05, 0) is 71.5 Å². The summed E-state index contributed by atoms with van der Waals surface area (Å²) in [7, 11) is 0. The Bertz CT molecular complexity index is 1300. The first-order valence-electron chi connectivity index (χ1n) is 11.3. The van der Waals surface area contributed by atoms with E-state index in [1.807, 2.05) is 24.3 Å². The van der Waals surface area contributed by atoms with Gasteiger partial charge in [-0.2, -0.15) is 0 Å². The standard InChI is InChI=1S/C27H28N4O2/c28-26-21(20-7-4-12-30-15-20)14-22(31-27(26)29)25-23(32)8-3-9-24(25)33-16-17-10-11-18-5-1-2-6-19(18)13-17/h1-3,5-6,8-11,13-14,20,30,32H,4,7,12,15-16,28H2,(H2,29,31). The van der Waals surface area contributed by atoms with Crippen molar-refractivity contribution in [1.29, 1.82) is 0 Å². The zero-order valence-corrected chi connectivity index (χ0v) is 18.4. The van der Waals surface area contributed by atoms with Crippen LogP contribution < -0.4 is 21.5 Å². The van der Waals surface area contributed by atoms with Crippen LogP contribution in [0, 0.1) is 0 Å². The van der Waals surface area contributed by atoms with Gasteiger partial charge in [0, 0.05) is 6.54 Å². The van der Waals surface area contributed by atoms with Gasteiger partial charge < -0.3 is 26.6 Å². The molecule has 0 spiro atoms. The highest BCUT2D eigenvalue weighted by molar-refractivity contribution is 5.83. The molecular weight excluding hydrogens is 412 g/mol. The van der Waals surface area contributed by atoms with E-state index in [-0.39, 0.29) is 17.5 Å². The van der Waals surface area contributed by atoms with Gasteiger partial charge in [-0.3, -0.25) is 0 Å². The second-order valence-electron chi connectivity index (χ2n) is 8.56. The molecule has 1 atom stereocenters. The summed E-state index contributed by atoms with van der Waals surface area (Å²) in [5.41, 5.74) is 16.1. The molecule has 1 unspecified atom stereocenters. The van der Waals surface area contributed by atoms with Crippen LogP contribution in [0.15, 0.2) is 66.7 Å². The lowest BCUT2D eigenvalue weighted by atomic mass is 9.89. The van der Waals surface area contributed by atoms with Crippen LogP contribution in [-0.2, 0) is 6.61 Å². The summed E-state index contributed by atoms with van der Waals surface area (Å²) in [6.45, 7) is 2.22. The second-order valence-corrected chi connectivity index (χ2v) is 8.56. The van der Waals surface area contributed by atoms with Gasteiger partial charge >= 0.3 is 0 Å². The summed E-state index contributed by atoms with van der Waals surface area (Å²) in [5, 5.41) is 16.5. The Morgan fingerprint density at radius 1 is 1.00 bits per heavy atom. The first-order valence-corrected chi connectivity index (χ1v) is 11.3. The number of fused-ring (bicyclic) bond motifs is 1. The molecule has 0 radical (unpaired) electrons. The average molecular weight is 441 g/mol. The molecule has 1 aliphatic rings. The van der Waals surface area contributed by atoms with Crippen molar-refractivity contribution >= 4 is 22.3 Å². The Labute approximate surface area is 193 Å². The maximum atomic E-state index is 10.7. The van der Waals surface area contributed by atoms with Crippen LogP contribution in [-0.4, -0.2) is 23.2 Å². The quantitative estimate of drug-likeness (QED) is 0.355. The minimum atomic E-state index is 0.0930. The van der Waals surface area contributed by atoms with Gasteiger partial charge in [0.2, 0.25) is 0 Å². The van der Waals surface area contributed by atoms with E-state index in [0.29, 0.717) is 29.3 Å². The SMILES string of the molecule is Nc1nc(-c2c(O)cccc2OCc2ccc3ccccc3c2)cc(C2CCCNC2)c1N. The minimum Gasteiger partial charge on any atom is -0.507 e. The Hall–Kier alpha value is -3.77. The van der Waals surface area contributed by atoms with E-state index in [2.05, 4.69) is 40.6 Å². The van der Waals surface area contributed by atoms with Crippen molar-refractivity contribution in [3.05, 3.63) is 77.9 Å². The normalized spacial score (nSPS) is 16.1. The summed E-state index contributed by atoms with van der Waals surface area (Å²) >= 11 is 0. The van der Waals surface area contributed by atoms with Gasteiger partial charge in [-0.25, -0.2) is 4.98 Å². The lowest BCUT2D eigenvalue weighted by Crippen LogP contribution is -2.29. The predicted molar refractivity (Wildman–Crippen MR) is 133 cm³/mol. The number of benzene rings is 3. The maximum absolute atomic E-state index is 10.7. The highest BCUT2D eigenvalue weighted by atomic mass is 16.5. The number of nitrogen functional groups attached to an aromatic ring is 2. The molecule has 4 aromatic rings. The molecular formula is C27H28N4O2. The number of hydrogen-bond donors (Lipinski definition) is 4. The molecule has 168 valence electrons. The van der Waals surface area contributed by atoms with Crippen LogP contribution in [0.4, 0.5) is 11.5 Å². The van der Waals surface area contributed by atoms with E-state index < -0.39 is 0 Å². The number of phenols is 1. The van der Waals surface area contributed by atoms with E-state index in [9.17, 15) is 5.11 Å². The van der Waals surface area contributed by atoms with Crippen molar-refractivity contribution in [2.45, 2.75) is 25.4 Å². The van der Waals surface area contributed by atoms with Crippen molar-refractivity contribution in [1.82, 2.24) is 10.3 Å². The molecule has 6 nitrogen and oxygen atoms in total. The largest absolute Gasteiger partial charge is 0.507 e. The number of nitrogens with one attached hydrogen (secondary N) is 1. The Kier molecular flexibility index (Phi) is 5.75. The van der Waals surface area contributed by atoms with E-state index >= 15 is 0 Å². The number of nitrogens with two attached hydrogens (primary N) is 2. The fraction of sp³-hybridized carbons (Fsp3) is 0.222. The molecule has 2 heterocycles. The molecule has 0 amide bonds. The number of anilines is 2. The Morgan fingerprint density at radius 2 is 1.85 bits per heavy atom. The van der Waals surface area contributed by atoms with Crippen molar-refractivity contribution < 1.29 is 9.84 Å². The number of phenolic OH excluding ortho intramolecular Hbond substituents is 1. The monoisotopic (exact) mass is 440 g/mol. The molecule has 6 N–H and O–H groups in total. The van der Waals surface area contributed by atoms with Crippen LogP contribution in [0.5, 0.6) is 11.5 Å². The van der Waals surface area contributed by atoms with Crippen LogP contribution >= 0.6 is 0 Å². The van der Waals surface area contributed by atoms with Crippen molar-refractivity contribution in [3.8, 4) is 22.8 Å². The number of aromatic nitrogens is 1. The van der Waals surface area contributed by atoms with Crippen LogP contribution in [0.1, 0.15) is 29.9 Å². The van der Waals surface area contributed by atoms with Gasteiger partial charge in [-0.1, -0.05) is 42.5 Å². The van der Waals surface area contributed by atoms with Gasteiger partial charge in [0.05, 0.1) is 16.9 Å². The molecule has 1 aromatic heterocycles. The van der Waals surface area contributed by atoms with E-state index in [0.717, 1.165) is 42.4 Å². The summed E-state index contributed by atoms with van der Waals surface area (Å²) < 4.78 is 6.18. The van der Waals surface area contributed by atoms with Gasteiger partial charge in [0.1, 0.15) is 23.9 Å². The number of ether oxygens (including phenoxy) is 1. The van der Waals surface area contributed by atoms with Crippen molar-refractivity contribution in [3.63, 3.8) is 0 Å². The van der Waals surface area contributed by atoms with E-state index in [4.69, 9.17) is 16.2 Å². The van der Waals surface area contributed by atoms with Crippen LogP contribution in [0.2, 0.25) is 0 Å². The minimum absolute atomic E-state index is 0.0930. The Morgan fingerprint density at radius 3 is 2.67 bits per heavy atom. The molecule has 1 aliphatic heterocycles. The zero-order chi connectivity index (χ0) is 22.8. The summed E-state index contributed by atoms with van der Waals surface area (Å²) in [6.07, 6.45) is 2.12. The number of rotatable bonds is 5. The molecule has 0 saturated carbocycles. The molecule has 5 rings (SSSR count). The second kappa shape index (κ2) is 9.00. The maximum Gasteiger partial charge on any atom is 0.147 e. The molecule has 1 fully saturated rings. The Balaban J connectivity index is 1.48. The molecule has 6 heteroatoms. The highest BCUT2D eigenvalue weighted by Crippen LogP contribution is 2.41. The number of hydrogen-bond acceptors (Lipinski definition) is 6. The van der Waals surface area contributed by atoms with Crippen molar-refractivity contribution in [2.24, 2.45) is 0 Å². The first kappa shape index (κ1) is 21.1. The molecule has 0 bridgehead atoms. The average Bonchev–Trinajstić information content (AvgIpc) is 2.85. The van der Waals surface area contributed by atoms with Gasteiger partial charge in [0.25, 0.3) is 0 Å². The number of aromatic hydroxyl groups is 1. The van der Waals surface area contributed by atoms with E-state index in [1.54, 1.807) is 12.1 Å². The number of nitrogens with zero attached hydrogens (tertiary/aromatic N) is 1. The topological polar surface area (TPSA) is 106 Å². The summed E-state index contributed by atoms with van der Waals surface area (Å²) in [5.74, 6) is 1.18. The predicted octanol–water partition coefficient (Wildman–Crippen LogP) is 4.82. The highest BCUT2D eigenvalue weighted by Gasteiger charge is 2.22. The molecule has 0 aliphatic carbocycles. The van der Waals surface area contributed by atoms with Crippen LogP contribution in [0.3, 0.4) is 0 Å². The fourth-order valence-electron chi connectivity index (χ4n) is 4.57. The number of piperidine rings is 1. The molecule has 1 saturated heterocycles. The first-order chi connectivity index (χ1) is 16.1. The lowest BCUT2D eigenvalue weighted by molar-refractivity contribution is 0.306. The van der Waals surface area contributed by atoms with Gasteiger partial charge in [0.15, 0.2) is 0 Å². The van der Waals surface area contributed by atoms with Gasteiger partial charge in [-0.15, -0.1) is 0 Å². The molecule has 3 aromatic carbocycles. The summed E-state index contributed by atoms with van der Waals surface area (Å²) in [6, 6.07) is 21.7. The molecule has 33 heavy (non-hydrogen) atoms. The zero-order valence-electron chi connectivity index (χ0n) is 18.4. The van der Waals surface area contributed by atoms with Crippen LogP contribution in [0.25, 0.3) is 22.0 Å². The van der Waals surface area contributed by atoms with Crippen molar-refractivity contribution in [2.75, 3.05) is 24.6 Å².